The van der Waals surface area contributed by atoms with Crippen molar-refractivity contribution < 1.29 is 18.0 Å². The minimum Gasteiger partial charge on any atom is -0.424 e. The second-order valence-electron chi connectivity index (χ2n) is 7.57. The molecule has 0 saturated heterocycles. The van der Waals surface area contributed by atoms with Crippen LogP contribution < -0.4 is 10.8 Å². The van der Waals surface area contributed by atoms with E-state index in [0.29, 0.717) is 24.7 Å². The zero-order valence-corrected chi connectivity index (χ0v) is 19.9. The van der Waals surface area contributed by atoms with E-state index in [4.69, 9.17) is 13.5 Å². The van der Waals surface area contributed by atoms with E-state index < -0.39 is 7.60 Å². The van der Waals surface area contributed by atoms with Gasteiger partial charge in [-0.25, -0.2) is 4.98 Å². The molecule has 0 aliphatic carbocycles. The normalized spacial score (nSPS) is 11.7. The Kier molecular flexibility index (Phi) is 7.61. The third-order valence-electron chi connectivity index (χ3n) is 5.27. The zero-order chi connectivity index (χ0) is 23.1. The molecule has 1 aromatic heterocycles. The monoisotopic (exact) mass is 464 g/mol. The molecular weight excluding hydrogens is 435 g/mol. The molecule has 7 heteroatoms. The third kappa shape index (κ3) is 5.53. The van der Waals surface area contributed by atoms with Crippen LogP contribution in [-0.2, 0) is 26.5 Å². The highest BCUT2D eigenvalue weighted by atomic mass is 31.2. The number of oxazole rings is 1. The van der Waals surface area contributed by atoms with Crippen molar-refractivity contribution in [2.75, 3.05) is 25.1 Å². The average Bonchev–Trinajstić information content (AvgIpc) is 3.24. The number of aromatic nitrogens is 1. The molecule has 172 valence electrons. The Hall–Kier alpha value is -2.92. The van der Waals surface area contributed by atoms with Crippen molar-refractivity contribution in [2.45, 2.75) is 26.7 Å². The first-order chi connectivity index (χ1) is 16.1. The van der Waals surface area contributed by atoms with Crippen LogP contribution in [0.1, 0.15) is 30.9 Å². The van der Waals surface area contributed by atoms with Crippen LogP contribution in [0.3, 0.4) is 0 Å². The van der Waals surface area contributed by atoms with E-state index in [1.807, 2.05) is 36.4 Å². The van der Waals surface area contributed by atoms with Gasteiger partial charge in [0.1, 0.15) is 0 Å². The second-order valence-corrected chi connectivity index (χ2v) is 9.51. The Morgan fingerprint density at radius 2 is 1.61 bits per heavy atom. The number of fused-ring (bicyclic) bond motifs is 1. The number of hydrogen-bond donors (Lipinski definition) is 1. The third-order valence-corrected chi connectivity index (χ3v) is 7.29. The van der Waals surface area contributed by atoms with Gasteiger partial charge in [-0.2, -0.15) is 0 Å². The van der Waals surface area contributed by atoms with Crippen molar-refractivity contribution in [2.24, 2.45) is 0 Å². The molecule has 1 heterocycles. The summed E-state index contributed by atoms with van der Waals surface area (Å²) < 4.78 is 30.8. The van der Waals surface area contributed by atoms with Crippen LogP contribution in [0.15, 0.2) is 77.2 Å². The fraction of sp³-hybridized carbons (Fsp3) is 0.269. The minimum atomic E-state index is -3.62. The quantitative estimate of drug-likeness (QED) is 0.276. The topological polar surface area (TPSA) is 73.6 Å². The van der Waals surface area contributed by atoms with Crippen molar-refractivity contribution in [1.82, 2.24) is 4.98 Å². The largest absolute Gasteiger partial charge is 0.424 e. The molecule has 0 saturated carbocycles. The molecule has 0 atom stereocenters. The van der Waals surface area contributed by atoms with Crippen LogP contribution in [-0.4, -0.2) is 24.7 Å². The summed E-state index contributed by atoms with van der Waals surface area (Å²) in [5.74, 6) is 0.801. The second kappa shape index (κ2) is 10.8. The molecule has 0 bridgehead atoms. The molecule has 4 aromatic rings. The first kappa shape index (κ1) is 23.2. The van der Waals surface area contributed by atoms with E-state index in [1.54, 1.807) is 13.8 Å². The Bertz CT molecular complexity index is 1220. The molecule has 0 radical (unpaired) electrons. The Morgan fingerprint density at radius 1 is 0.909 bits per heavy atom. The highest BCUT2D eigenvalue weighted by Gasteiger charge is 2.35. The number of anilines is 1. The van der Waals surface area contributed by atoms with Crippen molar-refractivity contribution in [3.05, 3.63) is 89.8 Å². The van der Waals surface area contributed by atoms with Gasteiger partial charge in [-0.1, -0.05) is 72.8 Å². The fourth-order valence-corrected chi connectivity index (χ4v) is 5.41. The van der Waals surface area contributed by atoms with Gasteiger partial charge in [0.25, 0.3) is 0 Å². The SMILES string of the molecule is CCOP(=O)(OCC)c1nc(Cc2cccc3ccccc23)oc1NCCc1ccccc1. The number of nitrogens with zero attached hydrogens (tertiary/aromatic N) is 1. The van der Waals surface area contributed by atoms with E-state index >= 15 is 0 Å². The fourth-order valence-electron chi connectivity index (χ4n) is 3.81. The number of hydrogen-bond acceptors (Lipinski definition) is 6. The van der Waals surface area contributed by atoms with Crippen molar-refractivity contribution in [3.63, 3.8) is 0 Å². The van der Waals surface area contributed by atoms with Gasteiger partial charge >= 0.3 is 7.60 Å². The van der Waals surface area contributed by atoms with Crippen LogP contribution >= 0.6 is 7.60 Å². The summed E-state index contributed by atoms with van der Waals surface area (Å²) in [7, 11) is -3.62. The minimum absolute atomic E-state index is 0.203. The molecule has 0 spiro atoms. The lowest BCUT2D eigenvalue weighted by molar-refractivity contribution is 0.229. The van der Waals surface area contributed by atoms with E-state index in [-0.39, 0.29) is 18.6 Å². The van der Waals surface area contributed by atoms with Crippen LogP contribution in [0.4, 0.5) is 5.88 Å². The summed E-state index contributed by atoms with van der Waals surface area (Å²) in [6.07, 6.45) is 1.25. The summed E-state index contributed by atoms with van der Waals surface area (Å²) in [5, 5.41) is 5.55. The van der Waals surface area contributed by atoms with Gasteiger partial charge in [0.15, 0.2) is 0 Å². The van der Waals surface area contributed by atoms with Gasteiger partial charge in [0, 0.05) is 6.54 Å². The first-order valence-electron chi connectivity index (χ1n) is 11.3. The van der Waals surface area contributed by atoms with E-state index in [1.165, 1.54) is 5.56 Å². The van der Waals surface area contributed by atoms with Crippen LogP contribution in [0.2, 0.25) is 0 Å². The summed E-state index contributed by atoms with van der Waals surface area (Å²) in [5.41, 5.74) is 2.48. The molecule has 0 aliphatic heterocycles. The van der Waals surface area contributed by atoms with Gasteiger partial charge in [-0.3, -0.25) is 4.57 Å². The molecule has 0 unspecified atom stereocenters. The Balaban J connectivity index is 1.64. The Labute approximate surface area is 194 Å². The number of nitrogens with one attached hydrogen (secondary N) is 1. The van der Waals surface area contributed by atoms with Gasteiger partial charge in [0.05, 0.1) is 19.6 Å². The van der Waals surface area contributed by atoms with E-state index in [2.05, 4.69) is 46.7 Å². The number of benzene rings is 3. The summed E-state index contributed by atoms with van der Waals surface area (Å²) in [6.45, 7) is 4.65. The summed E-state index contributed by atoms with van der Waals surface area (Å²) in [4.78, 5) is 4.60. The highest BCUT2D eigenvalue weighted by molar-refractivity contribution is 7.62. The smallest absolute Gasteiger partial charge is 0.385 e. The lowest BCUT2D eigenvalue weighted by atomic mass is 10.0. The predicted molar refractivity (Wildman–Crippen MR) is 132 cm³/mol. The maximum atomic E-state index is 13.5. The first-order valence-corrected chi connectivity index (χ1v) is 12.8. The lowest BCUT2D eigenvalue weighted by Gasteiger charge is -2.15. The predicted octanol–water partition coefficient (Wildman–Crippen LogP) is 5.96. The maximum Gasteiger partial charge on any atom is 0.385 e. The van der Waals surface area contributed by atoms with Gasteiger partial charge in [0.2, 0.25) is 17.2 Å². The molecule has 0 fully saturated rings. The zero-order valence-electron chi connectivity index (χ0n) is 19.0. The summed E-state index contributed by atoms with van der Waals surface area (Å²) in [6, 6.07) is 24.5. The van der Waals surface area contributed by atoms with E-state index in [0.717, 1.165) is 22.8 Å². The maximum absolute atomic E-state index is 13.5. The summed E-state index contributed by atoms with van der Waals surface area (Å²) >= 11 is 0. The molecule has 0 aliphatic rings. The number of rotatable bonds is 11. The molecule has 33 heavy (non-hydrogen) atoms. The van der Waals surface area contributed by atoms with Crippen molar-refractivity contribution >= 4 is 29.7 Å². The van der Waals surface area contributed by atoms with Crippen LogP contribution in [0.5, 0.6) is 0 Å². The molecular formula is C26H29N2O4P. The van der Waals surface area contributed by atoms with Crippen molar-refractivity contribution in [1.29, 1.82) is 0 Å². The van der Waals surface area contributed by atoms with Gasteiger partial charge < -0.3 is 18.8 Å². The molecule has 3 aromatic carbocycles. The van der Waals surface area contributed by atoms with Gasteiger partial charge in [-0.05, 0) is 42.2 Å². The van der Waals surface area contributed by atoms with Crippen LogP contribution in [0.25, 0.3) is 10.8 Å². The van der Waals surface area contributed by atoms with E-state index in [9.17, 15) is 4.57 Å². The molecule has 0 amide bonds. The average molecular weight is 465 g/mol. The van der Waals surface area contributed by atoms with Gasteiger partial charge in [-0.15, -0.1) is 0 Å². The Morgan fingerprint density at radius 3 is 2.36 bits per heavy atom. The molecule has 4 rings (SSSR count). The van der Waals surface area contributed by atoms with Crippen molar-refractivity contribution in [3.8, 4) is 0 Å². The lowest BCUT2D eigenvalue weighted by Crippen LogP contribution is -2.18. The standard InChI is InChI=1S/C26H29N2O4P/c1-3-30-33(29,31-4-2)26-25(27-18-17-20-11-6-5-7-12-20)32-24(28-26)19-22-15-10-14-21-13-8-9-16-23(21)22/h5-16,27H,3-4,17-19H2,1-2H3. The molecule has 1 N–H and O–H groups in total. The highest BCUT2D eigenvalue weighted by Crippen LogP contribution is 2.48. The van der Waals surface area contributed by atoms with Crippen LogP contribution in [0, 0.1) is 0 Å². The molecule has 6 nitrogen and oxygen atoms in total.